The first kappa shape index (κ1) is 24.7. The van der Waals surface area contributed by atoms with Crippen molar-refractivity contribution in [3.05, 3.63) is 71.7 Å². The van der Waals surface area contributed by atoms with Crippen LogP contribution in [0.15, 0.2) is 64.0 Å². The van der Waals surface area contributed by atoms with Gasteiger partial charge in [-0.15, -0.1) is 0 Å². The zero-order valence-electron chi connectivity index (χ0n) is 19.5. The molecule has 0 fully saturated rings. The van der Waals surface area contributed by atoms with E-state index in [2.05, 4.69) is 36.3 Å². The molecule has 3 rings (SSSR count). The Morgan fingerprint density at radius 1 is 1.09 bits per heavy atom. The van der Waals surface area contributed by atoms with Gasteiger partial charge in [0.15, 0.2) is 11.7 Å². The fraction of sp³-hybridized carbons (Fsp3) is 0.360. The van der Waals surface area contributed by atoms with Crippen LogP contribution >= 0.6 is 0 Å². The van der Waals surface area contributed by atoms with E-state index in [1.54, 1.807) is 30.5 Å². The molecular weight excluding hydrogens is 438 g/mol. The molecule has 33 heavy (non-hydrogen) atoms. The average molecular weight is 470 g/mol. The molecule has 1 aromatic heterocycles. The van der Waals surface area contributed by atoms with Crippen LogP contribution in [-0.4, -0.2) is 37.7 Å². The first-order chi connectivity index (χ1) is 15.7. The minimum absolute atomic E-state index is 0.127. The second kappa shape index (κ2) is 10.8. The molecular formula is C25H31N3O4S. The third-order valence-corrected chi connectivity index (χ3v) is 7.12. The summed E-state index contributed by atoms with van der Waals surface area (Å²) in [6, 6.07) is 14.9. The van der Waals surface area contributed by atoms with Gasteiger partial charge in [0.2, 0.25) is 15.9 Å². The van der Waals surface area contributed by atoms with E-state index in [9.17, 15) is 13.2 Å². The number of rotatable bonds is 10. The third kappa shape index (κ3) is 6.52. The lowest BCUT2D eigenvalue weighted by Gasteiger charge is -2.15. The Hall–Kier alpha value is -2.97. The van der Waals surface area contributed by atoms with Gasteiger partial charge in [-0.05, 0) is 29.5 Å². The summed E-state index contributed by atoms with van der Waals surface area (Å²) in [5.41, 5.74) is 2.77. The van der Waals surface area contributed by atoms with Crippen LogP contribution in [0.1, 0.15) is 37.3 Å². The van der Waals surface area contributed by atoms with Crippen LogP contribution < -0.4 is 5.32 Å². The van der Waals surface area contributed by atoms with Gasteiger partial charge in [-0.1, -0.05) is 56.3 Å². The minimum atomic E-state index is -3.59. The van der Waals surface area contributed by atoms with E-state index in [1.165, 1.54) is 19.7 Å². The number of aryl methyl sites for hydroxylation is 1. The van der Waals surface area contributed by atoms with E-state index in [0.29, 0.717) is 29.6 Å². The molecule has 1 amide bonds. The lowest BCUT2D eigenvalue weighted by molar-refractivity contribution is -0.121. The van der Waals surface area contributed by atoms with Gasteiger partial charge in [0.1, 0.15) is 0 Å². The average Bonchev–Trinajstić information content (AvgIpc) is 3.25. The van der Waals surface area contributed by atoms with Crippen LogP contribution in [0.3, 0.4) is 0 Å². The topological polar surface area (TPSA) is 92.5 Å². The largest absolute Gasteiger partial charge is 0.441 e. The molecule has 2 aromatic carbocycles. The number of hydrogen-bond donors (Lipinski definition) is 1. The highest BCUT2D eigenvalue weighted by molar-refractivity contribution is 7.89. The van der Waals surface area contributed by atoms with E-state index >= 15 is 0 Å². The van der Waals surface area contributed by atoms with Crippen molar-refractivity contribution < 1.29 is 17.6 Å². The van der Waals surface area contributed by atoms with Gasteiger partial charge < -0.3 is 9.73 Å². The van der Waals surface area contributed by atoms with Gasteiger partial charge in [0.05, 0.1) is 11.1 Å². The summed E-state index contributed by atoms with van der Waals surface area (Å²) in [5.74, 6) is 1.56. The summed E-state index contributed by atoms with van der Waals surface area (Å²) in [6.45, 7) is 4.51. The highest BCUT2D eigenvalue weighted by atomic mass is 32.2. The molecule has 0 aliphatic carbocycles. The number of aromatic nitrogens is 1. The standard InChI is InChI=1S/C25H31N3O4S/c1-18(2)15-19-9-11-20(12-10-19)22-17-27-25(32-22)14-13-24(29)26-16-21-7-5-6-8-23(21)33(30,31)28(3)4/h5-12,17-18H,13-16H2,1-4H3,(H,26,29). The Morgan fingerprint density at radius 2 is 1.79 bits per heavy atom. The van der Waals surface area contributed by atoms with Crippen LogP contribution in [0, 0.1) is 5.92 Å². The summed E-state index contributed by atoms with van der Waals surface area (Å²) < 4.78 is 31.9. The number of benzene rings is 2. The molecule has 0 saturated heterocycles. The highest BCUT2D eigenvalue weighted by Crippen LogP contribution is 2.22. The second-order valence-electron chi connectivity index (χ2n) is 8.59. The molecule has 176 valence electrons. The fourth-order valence-corrected chi connectivity index (χ4v) is 4.55. The van der Waals surface area contributed by atoms with Crippen molar-refractivity contribution in [3.63, 3.8) is 0 Å². The number of amides is 1. The minimum Gasteiger partial charge on any atom is -0.441 e. The normalized spacial score (nSPS) is 11.8. The predicted octanol–water partition coefficient (Wildman–Crippen LogP) is 4.04. The van der Waals surface area contributed by atoms with Gasteiger partial charge in [-0.3, -0.25) is 4.79 Å². The van der Waals surface area contributed by atoms with Crippen LogP contribution in [0.4, 0.5) is 0 Å². The van der Waals surface area contributed by atoms with Gasteiger partial charge >= 0.3 is 0 Å². The van der Waals surface area contributed by atoms with Gasteiger partial charge in [-0.2, -0.15) is 0 Å². The van der Waals surface area contributed by atoms with Crippen LogP contribution in [0.2, 0.25) is 0 Å². The van der Waals surface area contributed by atoms with Crippen molar-refractivity contribution in [2.24, 2.45) is 5.92 Å². The number of carbonyl (C=O) groups is 1. The number of carbonyl (C=O) groups excluding carboxylic acids is 1. The van der Waals surface area contributed by atoms with E-state index in [0.717, 1.165) is 16.3 Å². The van der Waals surface area contributed by atoms with Gasteiger partial charge in [0, 0.05) is 39.0 Å². The summed E-state index contributed by atoms with van der Waals surface area (Å²) in [6.07, 6.45) is 3.25. The summed E-state index contributed by atoms with van der Waals surface area (Å²) in [4.78, 5) is 16.8. The summed E-state index contributed by atoms with van der Waals surface area (Å²) >= 11 is 0. The number of hydrogen-bond acceptors (Lipinski definition) is 5. The summed E-state index contributed by atoms with van der Waals surface area (Å²) in [7, 11) is -0.623. The van der Waals surface area contributed by atoms with E-state index in [1.807, 2.05) is 12.1 Å². The van der Waals surface area contributed by atoms with Crippen LogP contribution in [-0.2, 0) is 34.2 Å². The quantitative estimate of drug-likeness (QED) is 0.484. The molecule has 0 unspecified atom stereocenters. The Labute approximate surface area is 195 Å². The van der Waals surface area contributed by atoms with E-state index in [-0.39, 0.29) is 23.8 Å². The van der Waals surface area contributed by atoms with Crippen molar-refractivity contribution in [1.82, 2.24) is 14.6 Å². The molecule has 0 spiro atoms. The number of sulfonamides is 1. The Bertz CT molecular complexity index is 1180. The monoisotopic (exact) mass is 469 g/mol. The van der Waals surface area contributed by atoms with E-state index in [4.69, 9.17) is 4.42 Å². The zero-order chi connectivity index (χ0) is 24.0. The van der Waals surface area contributed by atoms with Gasteiger partial charge in [-0.25, -0.2) is 17.7 Å². The van der Waals surface area contributed by atoms with Crippen molar-refractivity contribution in [1.29, 1.82) is 0 Å². The van der Waals surface area contributed by atoms with Crippen molar-refractivity contribution in [3.8, 4) is 11.3 Å². The molecule has 7 nitrogen and oxygen atoms in total. The van der Waals surface area contributed by atoms with Crippen molar-refractivity contribution in [2.45, 2.75) is 44.6 Å². The zero-order valence-corrected chi connectivity index (χ0v) is 20.4. The molecule has 0 aliphatic heterocycles. The predicted molar refractivity (Wildman–Crippen MR) is 128 cm³/mol. The van der Waals surface area contributed by atoms with Crippen molar-refractivity contribution in [2.75, 3.05) is 14.1 Å². The first-order valence-electron chi connectivity index (χ1n) is 11.0. The van der Waals surface area contributed by atoms with Gasteiger partial charge in [0.25, 0.3) is 0 Å². The summed E-state index contributed by atoms with van der Waals surface area (Å²) in [5, 5.41) is 2.79. The SMILES string of the molecule is CC(C)Cc1ccc(-c2cnc(CCC(=O)NCc3ccccc3S(=O)(=O)N(C)C)o2)cc1. The van der Waals surface area contributed by atoms with E-state index < -0.39 is 10.0 Å². The lowest BCUT2D eigenvalue weighted by atomic mass is 10.0. The number of nitrogens with zero attached hydrogens (tertiary/aromatic N) is 2. The lowest BCUT2D eigenvalue weighted by Crippen LogP contribution is -2.27. The smallest absolute Gasteiger partial charge is 0.242 e. The van der Waals surface area contributed by atoms with Crippen molar-refractivity contribution >= 4 is 15.9 Å². The van der Waals surface area contributed by atoms with Crippen LogP contribution in [0.5, 0.6) is 0 Å². The highest BCUT2D eigenvalue weighted by Gasteiger charge is 2.20. The molecule has 1 N–H and O–H groups in total. The second-order valence-corrected chi connectivity index (χ2v) is 10.7. The molecule has 0 atom stereocenters. The molecule has 8 heteroatoms. The third-order valence-electron chi connectivity index (χ3n) is 5.21. The fourth-order valence-electron chi connectivity index (χ4n) is 3.44. The Morgan fingerprint density at radius 3 is 2.45 bits per heavy atom. The number of oxazole rings is 1. The first-order valence-corrected chi connectivity index (χ1v) is 12.4. The maximum Gasteiger partial charge on any atom is 0.242 e. The molecule has 0 aliphatic rings. The molecule has 0 radical (unpaired) electrons. The maximum atomic E-state index is 12.5. The van der Waals surface area contributed by atoms with Crippen LogP contribution in [0.25, 0.3) is 11.3 Å². The molecule has 1 heterocycles. The number of nitrogens with one attached hydrogen (secondary N) is 1. The Balaban J connectivity index is 1.55. The maximum absolute atomic E-state index is 12.5. The molecule has 3 aromatic rings. The molecule has 0 saturated carbocycles. The Kier molecular flexibility index (Phi) is 8.05. The molecule has 0 bridgehead atoms.